The molecule has 29 heavy (non-hydrogen) atoms. The van der Waals surface area contributed by atoms with Crippen molar-refractivity contribution in [1.82, 2.24) is 9.88 Å². The van der Waals surface area contributed by atoms with Gasteiger partial charge in [-0.3, -0.25) is 4.79 Å². The number of thiazole rings is 1. The number of hydrogen-bond donors (Lipinski definition) is 1. The van der Waals surface area contributed by atoms with Crippen molar-refractivity contribution < 1.29 is 13.9 Å². The molecule has 5 nitrogen and oxygen atoms in total. The molecule has 154 valence electrons. The Morgan fingerprint density at radius 3 is 2.45 bits per heavy atom. The summed E-state index contributed by atoms with van der Waals surface area (Å²) in [6, 6.07) is 12.3. The quantitative estimate of drug-likeness (QED) is 0.578. The fraction of sp³-hybridized carbons (Fsp3) is 0.318. The van der Waals surface area contributed by atoms with Gasteiger partial charge in [0.25, 0.3) is 0 Å². The zero-order valence-electron chi connectivity index (χ0n) is 16.8. The minimum absolute atomic E-state index is 0.0168. The first-order chi connectivity index (χ1) is 14.0. The smallest absolute Gasteiger partial charge is 0.307 e. The van der Waals surface area contributed by atoms with Gasteiger partial charge in [-0.05, 0) is 48.4 Å². The lowest BCUT2D eigenvalue weighted by atomic mass is 10.0. The zero-order valence-corrected chi connectivity index (χ0v) is 17.6. The predicted molar refractivity (Wildman–Crippen MR) is 114 cm³/mol. The molecule has 7 heteroatoms. The summed E-state index contributed by atoms with van der Waals surface area (Å²) in [4.78, 5) is 11.8. The number of rotatable bonds is 9. The first-order valence-corrected chi connectivity index (χ1v) is 10.2. The molecule has 0 aliphatic rings. The van der Waals surface area contributed by atoms with Gasteiger partial charge in [-0.2, -0.15) is 0 Å². The lowest BCUT2D eigenvalue weighted by molar-refractivity contribution is 0.354. The van der Waals surface area contributed by atoms with E-state index in [1.807, 2.05) is 23.6 Å². The Balaban J connectivity index is 1.72. The zero-order chi connectivity index (χ0) is 20.8. The maximum atomic E-state index is 13.4. The Labute approximate surface area is 173 Å². The summed E-state index contributed by atoms with van der Waals surface area (Å²) in [5, 5.41) is 5.43. The molecule has 1 N–H and O–H groups in total. The van der Waals surface area contributed by atoms with Crippen molar-refractivity contribution in [2.45, 2.75) is 18.9 Å². The summed E-state index contributed by atoms with van der Waals surface area (Å²) in [6.45, 7) is 0.718. The van der Waals surface area contributed by atoms with Crippen molar-refractivity contribution in [3.8, 4) is 11.5 Å². The average Bonchev–Trinajstić information content (AvgIpc) is 3.05. The monoisotopic (exact) mass is 416 g/mol. The second-order valence-electron chi connectivity index (χ2n) is 6.75. The maximum absolute atomic E-state index is 13.4. The number of aromatic nitrogens is 1. The highest BCUT2D eigenvalue weighted by molar-refractivity contribution is 7.07. The SMILES string of the molecule is COc1ccc(CCNC(Cc2csc(=O)n2C)c2ccc(F)cc2)cc1OC. The van der Waals surface area contributed by atoms with Crippen LogP contribution in [0.3, 0.4) is 0 Å². The van der Waals surface area contributed by atoms with Gasteiger partial charge in [-0.1, -0.05) is 29.5 Å². The van der Waals surface area contributed by atoms with Crippen LogP contribution >= 0.6 is 11.3 Å². The number of nitrogens with zero attached hydrogens (tertiary/aromatic N) is 1. The minimum Gasteiger partial charge on any atom is -0.493 e. The second kappa shape index (κ2) is 9.71. The first-order valence-electron chi connectivity index (χ1n) is 9.35. The van der Waals surface area contributed by atoms with Gasteiger partial charge in [0.15, 0.2) is 11.5 Å². The van der Waals surface area contributed by atoms with Gasteiger partial charge in [0, 0.05) is 30.6 Å². The van der Waals surface area contributed by atoms with Gasteiger partial charge in [0.1, 0.15) is 5.82 Å². The van der Waals surface area contributed by atoms with Gasteiger partial charge in [0.2, 0.25) is 0 Å². The molecule has 0 amide bonds. The molecule has 1 aromatic heterocycles. The Morgan fingerprint density at radius 2 is 1.83 bits per heavy atom. The summed E-state index contributed by atoms with van der Waals surface area (Å²) in [5.74, 6) is 1.14. The molecule has 1 unspecified atom stereocenters. The van der Waals surface area contributed by atoms with E-state index >= 15 is 0 Å². The third-order valence-electron chi connectivity index (χ3n) is 4.94. The highest BCUT2D eigenvalue weighted by Crippen LogP contribution is 2.27. The van der Waals surface area contributed by atoms with Crippen LogP contribution in [0.2, 0.25) is 0 Å². The molecule has 0 fully saturated rings. The van der Waals surface area contributed by atoms with E-state index in [1.165, 1.54) is 23.5 Å². The summed E-state index contributed by atoms with van der Waals surface area (Å²) in [6.07, 6.45) is 1.44. The van der Waals surface area contributed by atoms with Crippen molar-refractivity contribution in [2.24, 2.45) is 7.05 Å². The number of hydrogen-bond acceptors (Lipinski definition) is 5. The number of halogens is 1. The molecular weight excluding hydrogens is 391 g/mol. The topological polar surface area (TPSA) is 52.5 Å². The largest absolute Gasteiger partial charge is 0.493 e. The summed E-state index contributed by atoms with van der Waals surface area (Å²) < 4.78 is 25.7. The van der Waals surface area contributed by atoms with Crippen LogP contribution in [0.4, 0.5) is 4.39 Å². The fourth-order valence-corrected chi connectivity index (χ4v) is 3.98. The van der Waals surface area contributed by atoms with E-state index in [0.717, 1.165) is 29.8 Å². The van der Waals surface area contributed by atoms with Crippen molar-refractivity contribution in [2.75, 3.05) is 20.8 Å². The molecule has 1 atom stereocenters. The number of benzene rings is 2. The molecule has 3 rings (SSSR count). The van der Waals surface area contributed by atoms with Gasteiger partial charge >= 0.3 is 4.87 Å². The molecule has 0 radical (unpaired) electrons. The summed E-state index contributed by atoms with van der Waals surface area (Å²) in [5.41, 5.74) is 3.06. The maximum Gasteiger partial charge on any atom is 0.307 e. The van der Waals surface area contributed by atoms with E-state index in [2.05, 4.69) is 5.32 Å². The molecule has 0 spiro atoms. The number of nitrogens with one attached hydrogen (secondary N) is 1. The lowest BCUT2D eigenvalue weighted by Gasteiger charge is -2.20. The highest BCUT2D eigenvalue weighted by atomic mass is 32.1. The van der Waals surface area contributed by atoms with Crippen LogP contribution in [0.1, 0.15) is 22.9 Å². The van der Waals surface area contributed by atoms with Gasteiger partial charge in [-0.25, -0.2) is 4.39 Å². The molecule has 1 heterocycles. The van der Waals surface area contributed by atoms with Gasteiger partial charge in [-0.15, -0.1) is 0 Å². The third-order valence-corrected chi connectivity index (χ3v) is 5.80. The van der Waals surface area contributed by atoms with Crippen LogP contribution in [0.15, 0.2) is 52.6 Å². The molecule has 0 saturated heterocycles. The Hall–Kier alpha value is -2.64. The second-order valence-corrected chi connectivity index (χ2v) is 7.57. The number of methoxy groups -OCH3 is 2. The lowest BCUT2D eigenvalue weighted by Crippen LogP contribution is -2.27. The third kappa shape index (κ3) is 5.25. The Morgan fingerprint density at radius 1 is 1.10 bits per heavy atom. The molecule has 0 bridgehead atoms. The van der Waals surface area contributed by atoms with Gasteiger partial charge in [0.05, 0.1) is 14.2 Å². The van der Waals surface area contributed by atoms with Crippen molar-refractivity contribution in [3.63, 3.8) is 0 Å². The molecule has 0 saturated carbocycles. The van der Waals surface area contributed by atoms with E-state index in [1.54, 1.807) is 38.0 Å². The fourth-order valence-electron chi connectivity index (χ4n) is 3.22. The van der Waals surface area contributed by atoms with Crippen LogP contribution < -0.4 is 19.7 Å². The van der Waals surface area contributed by atoms with E-state index < -0.39 is 0 Å². The molecule has 2 aromatic carbocycles. The molecular formula is C22H25FN2O3S. The van der Waals surface area contributed by atoms with Crippen LogP contribution in [-0.4, -0.2) is 25.3 Å². The molecule has 3 aromatic rings. The summed E-state index contributed by atoms with van der Waals surface area (Å²) in [7, 11) is 5.01. The normalized spacial score (nSPS) is 12.0. The van der Waals surface area contributed by atoms with E-state index in [0.29, 0.717) is 17.9 Å². The average molecular weight is 417 g/mol. The van der Waals surface area contributed by atoms with Crippen LogP contribution in [0.25, 0.3) is 0 Å². The van der Waals surface area contributed by atoms with Crippen molar-refractivity contribution in [1.29, 1.82) is 0 Å². The predicted octanol–water partition coefficient (Wildman–Crippen LogP) is 3.72. The van der Waals surface area contributed by atoms with Crippen molar-refractivity contribution >= 4 is 11.3 Å². The van der Waals surface area contributed by atoms with E-state index in [-0.39, 0.29) is 16.7 Å². The molecule has 0 aliphatic heterocycles. The Bertz CT molecular complexity index is 998. The standard InChI is InChI=1S/C22H25FN2O3S/c1-25-18(14-29-22(25)26)13-19(16-5-7-17(23)8-6-16)24-11-10-15-4-9-20(27-2)21(12-15)28-3/h4-9,12,14,19,24H,10-11,13H2,1-3H3. The van der Waals surface area contributed by atoms with E-state index in [9.17, 15) is 9.18 Å². The van der Waals surface area contributed by atoms with E-state index in [4.69, 9.17) is 9.47 Å². The highest BCUT2D eigenvalue weighted by Gasteiger charge is 2.15. The number of ether oxygens (including phenoxy) is 2. The minimum atomic E-state index is -0.263. The molecule has 0 aliphatic carbocycles. The Kier molecular flexibility index (Phi) is 7.06. The summed E-state index contributed by atoms with van der Waals surface area (Å²) >= 11 is 1.19. The van der Waals surface area contributed by atoms with Crippen LogP contribution in [0.5, 0.6) is 11.5 Å². The first kappa shape index (κ1) is 21.1. The van der Waals surface area contributed by atoms with Crippen LogP contribution in [-0.2, 0) is 19.9 Å². The van der Waals surface area contributed by atoms with Crippen LogP contribution in [0, 0.1) is 5.82 Å². The van der Waals surface area contributed by atoms with Gasteiger partial charge < -0.3 is 19.4 Å². The van der Waals surface area contributed by atoms with Crippen molar-refractivity contribution in [3.05, 3.63) is 80.2 Å².